The van der Waals surface area contributed by atoms with Crippen LogP contribution in [0.4, 0.5) is 5.13 Å². The number of rotatable bonds is 4. The van der Waals surface area contributed by atoms with Crippen molar-refractivity contribution < 1.29 is 19.8 Å². The lowest BCUT2D eigenvalue weighted by molar-refractivity contribution is -0.119. The Hall–Kier alpha value is -2.90. The van der Waals surface area contributed by atoms with Gasteiger partial charge in [-0.3, -0.25) is 14.5 Å². The van der Waals surface area contributed by atoms with Gasteiger partial charge in [-0.15, -0.1) is 0 Å². The third kappa shape index (κ3) is 3.26. The predicted molar refractivity (Wildman–Crippen MR) is 112 cm³/mol. The van der Waals surface area contributed by atoms with Gasteiger partial charge in [-0.1, -0.05) is 48.9 Å². The molecule has 3 aromatic rings. The molecule has 0 fully saturated rings. The molecule has 2 aromatic carbocycles. The minimum absolute atomic E-state index is 0.0352. The summed E-state index contributed by atoms with van der Waals surface area (Å²) in [4.78, 5) is 31.7. The second-order valence-corrected chi connectivity index (χ2v) is 8.50. The van der Waals surface area contributed by atoms with Gasteiger partial charge in [0, 0.05) is 10.9 Å². The molecular formula is C21H17ClN2O4S. The number of benzene rings is 2. The molecule has 6 nitrogen and oxygen atoms in total. The Balaban J connectivity index is 1.90. The Bertz CT molecular complexity index is 1170. The maximum Gasteiger partial charge on any atom is 0.296 e. The van der Waals surface area contributed by atoms with Crippen LogP contribution in [0, 0.1) is 5.92 Å². The first-order valence-electron chi connectivity index (χ1n) is 8.94. The van der Waals surface area contributed by atoms with Crippen LogP contribution in [0.2, 0.25) is 5.02 Å². The smallest absolute Gasteiger partial charge is 0.296 e. The number of ketones is 1. The van der Waals surface area contributed by atoms with Crippen molar-refractivity contribution in [1.82, 2.24) is 4.98 Å². The van der Waals surface area contributed by atoms with Crippen molar-refractivity contribution in [3.63, 3.8) is 0 Å². The van der Waals surface area contributed by atoms with Gasteiger partial charge in [0.2, 0.25) is 0 Å². The fourth-order valence-corrected chi connectivity index (χ4v) is 4.59. The summed E-state index contributed by atoms with van der Waals surface area (Å²) in [5.41, 5.74) is 1.28. The molecule has 1 aliphatic rings. The highest BCUT2D eigenvalue weighted by atomic mass is 35.5. The van der Waals surface area contributed by atoms with Crippen molar-refractivity contribution in [3.05, 3.63) is 64.4 Å². The molecule has 0 radical (unpaired) electrons. The normalized spacial score (nSPS) is 17.0. The predicted octanol–water partition coefficient (Wildman–Crippen LogP) is 4.78. The summed E-state index contributed by atoms with van der Waals surface area (Å²) in [5.74, 6) is -1.92. The number of hydrogen-bond donors (Lipinski definition) is 2. The third-order valence-electron chi connectivity index (χ3n) is 4.75. The second-order valence-electron chi connectivity index (χ2n) is 7.06. The number of phenolic OH excluding ortho intramolecular Hbond substituents is 1. The van der Waals surface area contributed by atoms with Crippen molar-refractivity contribution in [2.45, 2.75) is 19.9 Å². The zero-order valence-corrected chi connectivity index (χ0v) is 17.2. The zero-order chi connectivity index (χ0) is 20.9. The van der Waals surface area contributed by atoms with Crippen LogP contribution < -0.4 is 4.90 Å². The van der Waals surface area contributed by atoms with Gasteiger partial charge < -0.3 is 10.2 Å². The van der Waals surface area contributed by atoms with E-state index in [2.05, 4.69) is 4.98 Å². The summed E-state index contributed by atoms with van der Waals surface area (Å²) >= 11 is 7.31. The molecule has 0 spiro atoms. The van der Waals surface area contributed by atoms with Crippen LogP contribution in [0.3, 0.4) is 0 Å². The number of aliphatic hydroxyl groups excluding tert-OH is 1. The summed E-state index contributed by atoms with van der Waals surface area (Å²) < 4.78 is 0.785. The summed E-state index contributed by atoms with van der Waals surface area (Å²) in [5, 5.41) is 21.1. The van der Waals surface area contributed by atoms with Crippen molar-refractivity contribution in [1.29, 1.82) is 0 Å². The van der Waals surface area contributed by atoms with Gasteiger partial charge in [0.1, 0.15) is 5.75 Å². The summed E-state index contributed by atoms with van der Waals surface area (Å²) in [7, 11) is 0. The van der Waals surface area contributed by atoms with Gasteiger partial charge in [-0.2, -0.15) is 0 Å². The van der Waals surface area contributed by atoms with Crippen LogP contribution in [0.1, 0.15) is 25.5 Å². The number of amides is 1. The third-order valence-corrected chi connectivity index (χ3v) is 6.00. The van der Waals surface area contributed by atoms with E-state index in [1.54, 1.807) is 44.2 Å². The topological polar surface area (TPSA) is 90.7 Å². The molecule has 2 heterocycles. The molecule has 1 amide bonds. The van der Waals surface area contributed by atoms with Gasteiger partial charge in [-0.25, -0.2) is 4.98 Å². The first kappa shape index (κ1) is 19.4. The van der Waals surface area contributed by atoms with E-state index in [1.165, 1.54) is 28.4 Å². The van der Waals surface area contributed by atoms with Crippen molar-refractivity contribution in [2.75, 3.05) is 4.90 Å². The zero-order valence-electron chi connectivity index (χ0n) is 15.6. The highest BCUT2D eigenvalue weighted by molar-refractivity contribution is 7.22. The average Bonchev–Trinajstić information content (AvgIpc) is 3.20. The van der Waals surface area contributed by atoms with E-state index < -0.39 is 23.6 Å². The van der Waals surface area contributed by atoms with E-state index >= 15 is 0 Å². The van der Waals surface area contributed by atoms with E-state index in [0.717, 1.165) is 4.70 Å². The quantitative estimate of drug-likeness (QED) is 0.624. The molecule has 1 aromatic heterocycles. The Kier molecular flexibility index (Phi) is 4.80. The number of fused-ring (bicyclic) bond motifs is 1. The Labute approximate surface area is 175 Å². The maximum atomic E-state index is 13.0. The number of thiazole rings is 1. The maximum absolute atomic E-state index is 13.0. The lowest BCUT2D eigenvalue weighted by atomic mass is 9.91. The number of carbonyl (C=O) groups excluding carboxylic acids is 2. The first-order valence-corrected chi connectivity index (χ1v) is 10.1. The van der Waals surface area contributed by atoms with Gasteiger partial charge in [-0.05, 0) is 35.9 Å². The molecule has 4 rings (SSSR count). The lowest BCUT2D eigenvalue weighted by Crippen LogP contribution is -2.31. The van der Waals surface area contributed by atoms with Crippen molar-refractivity contribution in [3.8, 4) is 5.75 Å². The molecule has 1 atom stereocenters. The minimum atomic E-state index is -0.839. The molecule has 0 saturated heterocycles. The molecule has 29 heavy (non-hydrogen) atoms. The van der Waals surface area contributed by atoms with Crippen LogP contribution in [0.5, 0.6) is 5.75 Å². The number of phenols is 1. The molecule has 0 saturated carbocycles. The molecule has 2 N–H and O–H groups in total. The van der Waals surface area contributed by atoms with Gasteiger partial charge in [0.05, 0.1) is 21.8 Å². The van der Waals surface area contributed by atoms with Crippen LogP contribution >= 0.6 is 22.9 Å². The number of aromatic hydroxyl groups is 1. The number of halogens is 1. The monoisotopic (exact) mass is 428 g/mol. The number of hydrogen-bond acceptors (Lipinski definition) is 6. The van der Waals surface area contributed by atoms with Crippen LogP contribution in [0.25, 0.3) is 10.2 Å². The Morgan fingerprint density at radius 3 is 2.52 bits per heavy atom. The van der Waals surface area contributed by atoms with Gasteiger partial charge >= 0.3 is 0 Å². The molecular weight excluding hydrogens is 412 g/mol. The number of aromatic nitrogens is 1. The number of Topliss-reactive ketones (excluding diaryl/α,β-unsaturated/α-hetero) is 1. The molecule has 0 aliphatic carbocycles. The number of anilines is 1. The lowest BCUT2D eigenvalue weighted by Gasteiger charge is -2.25. The largest absolute Gasteiger partial charge is 0.508 e. The highest BCUT2D eigenvalue weighted by Crippen LogP contribution is 2.44. The molecule has 148 valence electrons. The SMILES string of the molecule is CC(C)C(=O)C1=C(O)C(=O)N(c2nc3ccc(Cl)cc3s2)C1c1ccc(O)cc1. The van der Waals surface area contributed by atoms with E-state index in [4.69, 9.17) is 11.6 Å². The highest BCUT2D eigenvalue weighted by Gasteiger charge is 2.46. The van der Waals surface area contributed by atoms with Crippen LogP contribution in [0.15, 0.2) is 53.8 Å². The minimum Gasteiger partial charge on any atom is -0.508 e. The molecule has 1 unspecified atom stereocenters. The molecule has 0 bridgehead atoms. The summed E-state index contributed by atoms with van der Waals surface area (Å²) in [6.45, 7) is 3.42. The Morgan fingerprint density at radius 2 is 1.86 bits per heavy atom. The van der Waals surface area contributed by atoms with Gasteiger partial charge in [0.15, 0.2) is 16.7 Å². The summed E-state index contributed by atoms with van der Waals surface area (Å²) in [6, 6.07) is 10.6. The fourth-order valence-electron chi connectivity index (χ4n) is 3.33. The molecule has 8 heteroatoms. The van der Waals surface area contributed by atoms with Crippen molar-refractivity contribution >= 4 is 50.0 Å². The number of aliphatic hydroxyl groups is 1. The average molecular weight is 429 g/mol. The van der Waals surface area contributed by atoms with E-state index in [-0.39, 0.29) is 17.1 Å². The van der Waals surface area contributed by atoms with E-state index in [0.29, 0.717) is 21.2 Å². The number of nitrogens with zero attached hydrogens (tertiary/aromatic N) is 2. The molecule has 1 aliphatic heterocycles. The van der Waals surface area contributed by atoms with Crippen LogP contribution in [-0.2, 0) is 9.59 Å². The van der Waals surface area contributed by atoms with E-state index in [9.17, 15) is 19.8 Å². The summed E-state index contributed by atoms with van der Waals surface area (Å²) in [6.07, 6.45) is 0. The fraction of sp³-hybridized carbons (Fsp3) is 0.190. The standard InChI is InChI=1S/C21H17ClN2O4S/c1-10(2)18(26)16-17(11-3-6-13(25)7-4-11)24(20(28)19(16)27)21-23-14-8-5-12(22)9-15(14)29-21/h3-10,17,25,27H,1-2H3. The first-order chi connectivity index (χ1) is 13.8. The van der Waals surface area contributed by atoms with Crippen LogP contribution in [-0.4, -0.2) is 26.9 Å². The Morgan fingerprint density at radius 1 is 1.17 bits per heavy atom. The van der Waals surface area contributed by atoms with Gasteiger partial charge in [0.25, 0.3) is 5.91 Å². The second kappa shape index (κ2) is 7.17. The van der Waals surface area contributed by atoms with E-state index in [1.807, 2.05) is 0 Å². The van der Waals surface area contributed by atoms with Crippen molar-refractivity contribution in [2.24, 2.45) is 5.92 Å². The number of carbonyl (C=O) groups is 2.